The van der Waals surface area contributed by atoms with Crippen LogP contribution in [0.3, 0.4) is 0 Å². The standard InChI is InChI=1S/C71H112O12/c1-4-7-10-13-16-19-22-25-28-30-32-34-37-39-42-45-48-51-54-57-63(72)79-60-62(81-64(73)58-55-52-49-46-43-41-38-35-33-31-29-26-23-20-17-14-11-8-5-2)61-80-71-69(67(76)66(75)68(83-71)70(77)78)82-65(74)59-56-53-50-47-44-40-36-27-24-21-18-15-12-9-6-3/h7,9-10,12,16-21,25-29,32,34,36,39,42,48,51,62,66-69,71,75-76H,4-6,8,11,13-15,22-24,30-31,33,35,37-38,40-41,43-47,49-50,52-61H2,1-3H3,(H,77,78)/b10-7-,12-9-,19-16-,20-17-,21-18-,28-25-,29-26-,34-32-,36-27-,42-39-,51-48-. The van der Waals surface area contributed by atoms with Crippen LogP contribution in [0.4, 0.5) is 0 Å². The molecule has 1 heterocycles. The van der Waals surface area contributed by atoms with E-state index in [1.165, 1.54) is 51.4 Å². The second kappa shape index (κ2) is 57.3. The van der Waals surface area contributed by atoms with Crippen LogP contribution in [-0.4, -0.2) is 89.2 Å². The van der Waals surface area contributed by atoms with Crippen molar-refractivity contribution in [2.75, 3.05) is 13.2 Å². The summed E-state index contributed by atoms with van der Waals surface area (Å²) in [5.41, 5.74) is 0. The molecule has 468 valence electrons. The zero-order valence-corrected chi connectivity index (χ0v) is 51.6. The summed E-state index contributed by atoms with van der Waals surface area (Å²) in [5.74, 6) is -3.27. The fraction of sp³-hybridized carbons (Fsp3) is 0.634. The molecule has 83 heavy (non-hydrogen) atoms. The van der Waals surface area contributed by atoms with Crippen LogP contribution < -0.4 is 0 Å². The monoisotopic (exact) mass is 1160 g/mol. The van der Waals surface area contributed by atoms with Crippen LogP contribution in [0, 0.1) is 0 Å². The quantitative estimate of drug-likeness (QED) is 0.0228. The number of allylic oxidation sites excluding steroid dienone is 22. The minimum Gasteiger partial charge on any atom is -0.479 e. The topological polar surface area (TPSA) is 175 Å². The maximum atomic E-state index is 13.2. The van der Waals surface area contributed by atoms with E-state index in [-0.39, 0.29) is 25.9 Å². The normalized spacial score (nSPS) is 18.5. The molecule has 12 nitrogen and oxygen atoms in total. The Morgan fingerprint density at radius 1 is 0.410 bits per heavy atom. The highest BCUT2D eigenvalue weighted by atomic mass is 16.7. The molecule has 0 aromatic carbocycles. The highest BCUT2D eigenvalue weighted by Gasteiger charge is 2.50. The van der Waals surface area contributed by atoms with Crippen molar-refractivity contribution in [2.24, 2.45) is 0 Å². The van der Waals surface area contributed by atoms with E-state index < -0.39 is 67.3 Å². The summed E-state index contributed by atoms with van der Waals surface area (Å²) in [5, 5.41) is 31.6. The van der Waals surface area contributed by atoms with E-state index in [1.807, 2.05) is 12.2 Å². The Hall–Kier alpha value is -5.14. The van der Waals surface area contributed by atoms with Crippen LogP contribution in [-0.2, 0) is 42.9 Å². The molecular weight excluding hydrogens is 1040 g/mol. The van der Waals surface area contributed by atoms with E-state index in [9.17, 15) is 34.5 Å². The maximum absolute atomic E-state index is 13.2. The minimum absolute atomic E-state index is 0.0266. The third-order valence-corrected chi connectivity index (χ3v) is 13.7. The largest absolute Gasteiger partial charge is 0.479 e. The summed E-state index contributed by atoms with van der Waals surface area (Å²) in [4.78, 5) is 51.3. The first kappa shape index (κ1) is 75.9. The molecule has 1 fully saturated rings. The molecule has 0 aliphatic carbocycles. The molecule has 0 bridgehead atoms. The van der Waals surface area contributed by atoms with Gasteiger partial charge in [-0.15, -0.1) is 0 Å². The number of rotatable bonds is 53. The Bertz CT molecular complexity index is 1950. The van der Waals surface area contributed by atoms with Crippen molar-refractivity contribution in [3.63, 3.8) is 0 Å². The third kappa shape index (κ3) is 46.9. The molecule has 0 radical (unpaired) electrons. The molecule has 0 amide bonds. The van der Waals surface area contributed by atoms with Gasteiger partial charge in [-0.25, -0.2) is 4.79 Å². The predicted octanol–water partition coefficient (Wildman–Crippen LogP) is 17.3. The highest BCUT2D eigenvalue weighted by Crippen LogP contribution is 2.26. The summed E-state index contributed by atoms with van der Waals surface area (Å²) >= 11 is 0. The number of hydrogen-bond acceptors (Lipinski definition) is 11. The van der Waals surface area contributed by atoms with Crippen molar-refractivity contribution in [3.05, 3.63) is 134 Å². The smallest absolute Gasteiger partial charge is 0.335 e. The fourth-order valence-corrected chi connectivity index (χ4v) is 8.85. The average Bonchev–Trinajstić information content (AvgIpc) is 3.58. The fourth-order valence-electron chi connectivity index (χ4n) is 8.85. The van der Waals surface area contributed by atoms with Crippen molar-refractivity contribution in [3.8, 4) is 0 Å². The van der Waals surface area contributed by atoms with Crippen LogP contribution in [0.25, 0.3) is 0 Å². The second-order valence-corrected chi connectivity index (χ2v) is 21.3. The van der Waals surface area contributed by atoms with Crippen molar-refractivity contribution in [2.45, 2.75) is 276 Å². The lowest BCUT2D eigenvalue weighted by Crippen LogP contribution is -2.61. The summed E-state index contributed by atoms with van der Waals surface area (Å²) in [7, 11) is 0. The number of carbonyl (C=O) groups excluding carboxylic acids is 3. The number of aliphatic hydroxyl groups is 2. The van der Waals surface area contributed by atoms with E-state index in [0.717, 1.165) is 128 Å². The number of aliphatic carboxylic acids is 1. The van der Waals surface area contributed by atoms with Crippen LogP contribution in [0.2, 0.25) is 0 Å². The third-order valence-electron chi connectivity index (χ3n) is 13.7. The van der Waals surface area contributed by atoms with Crippen molar-refractivity contribution >= 4 is 23.9 Å². The zero-order chi connectivity index (χ0) is 60.3. The number of ether oxygens (including phenoxy) is 5. The Morgan fingerprint density at radius 3 is 1.20 bits per heavy atom. The summed E-state index contributed by atoms with van der Waals surface area (Å²) < 4.78 is 28.4. The number of aliphatic hydroxyl groups excluding tert-OH is 2. The molecule has 6 unspecified atom stereocenters. The van der Waals surface area contributed by atoms with Gasteiger partial charge in [0.25, 0.3) is 0 Å². The zero-order valence-electron chi connectivity index (χ0n) is 51.6. The molecular formula is C71H112O12. The molecule has 1 rings (SSSR count). The molecule has 6 atom stereocenters. The second-order valence-electron chi connectivity index (χ2n) is 21.3. The maximum Gasteiger partial charge on any atom is 0.335 e. The minimum atomic E-state index is -1.93. The molecule has 0 aromatic heterocycles. The van der Waals surface area contributed by atoms with Gasteiger partial charge in [0.15, 0.2) is 24.6 Å². The van der Waals surface area contributed by atoms with Crippen LogP contribution in [0.15, 0.2) is 134 Å². The summed E-state index contributed by atoms with van der Waals surface area (Å²) in [6.07, 6.45) is 68.5. The van der Waals surface area contributed by atoms with Gasteiger partial charge in [0.2, 0.25) is 0 Å². The molecule has 0 saturated carbocycles. The number of unbranched alkanes of at least 4 members (excludes halogenated alkanes) is 17. The Labute approximate surface area is 502 Å². The van der Waals surface area contributed by atoms with Gasteiger partial charge in [-0.2, -0.15) is 0 Å². The van der Waals surface area contributed by atoms with Gasteiger partial charge in [-0.1, -0.05) is 231 Å². The van der Waals surface area contributed by atoms with Crippen LogP contribution >= 0.6 is 0 Å². The van der Waals surface area contributed by atoms with E-state index in [2.05, 4.69) is 142 Å². The Balaban J connectivity index is 2.73. The molecule has 1 saturated heterocycles. The predicted molar refractivity (Wildman–Crippen MR) is 340 cm³/mol. The van der Waals surface area contributed by atoms with Crippen molar-refractivity contribution in [1.82, 2.24) is 0 Å². The van der Waals surface area contributed by atoms with Crippen LogP contribution in [0.1, 0.15) is 239 Å². The van der Waals surface area contributed by atoms with Gasteiger partial charge in [0.1, 0.15) is 18.8 Å². The first-order valence-electron chi connectivity index (χ1n) is 32.2. The van der Waals surface area contributed by atoms with Gasteiger partial charge in [-0.3, -0.25) is 14.4 Å². The lowest BCUT2D eigenvalue weighted by molar-refractivity contribution is -0.301. The average molecular weight is 1160 g/mol. The molecule has 12 heteroatoms. The molecule has 3 N–H and O–H groups in total. The highest BCUT2D eigenvalue weighted by molar-refractivity contribution is 5.74. The van der Waals surface area contributed by atoms with E-state index >= 15 is 0 Å². The molecule has 1 aliphatic heterocycles. The Kier molecular flexibility index (Phi) is 52.4. The van der Waals surface area contributed by atoms with E-state index in [4.69, 9.17) is 23.7 Å². The Morgan fingerprint density at radius 2 is 0.783 bits per heavy atom. The number of carbonyl (C=O) groups is 4. The van der Waals surface area contributed by atoms with Crippen molar-refractivity contribution < 1.29 is 58.2 Å². The first-order valence-corrected chi connectivity index (χ1v) is 32.2. The number of hydrogen-bond donors (Lipinski definition) is 3. The lowest BCUT2D eigenvalue weighted by atomic mass is 9.98. The van der Waals surface area contributed by atoms with Gasteiger partial charge >= 0.3 is 23.9 Å². The molecule has 1 aliphatic rings. The molecule has 0 spiro atoms. The number of esters is 3. The van der Waals surface area contributed by atoms with Gasteiger partial charge in [-0.05, 0) is 122 Å². The van der Waals surface area contributed by atoms with E-state index in [1.54, 1.807) is 0 Å². The molecule has 0 aromatic rings. The summed E-state index contributed by atoms with van der Waals surface area (Å²) in [6.45, 7) is 5.67. The van der Waals surface area contributed by atoms with Gasteiger partial charge < -0.3 is 39.0 Å². The van der Waals surface area contributed by atoms with Gasteiger partial charge in [0, 0.05) is 19.3 Å². The van der Waals surface area contributed by atoms with Gasteiger partial charge in [0.05, 0.1) is 6.61 Å². The lowest BCUT2D eigenvalue weighted by Gasteiger charge is -2.40. The SMILES string of the molecule is CC/C=C\C/C=C\C/C=C\C/C=C\C/C=C\C/C=C\CCC(=O)OCC(COC1OC(C(=O)O)C(O)C(O)C1OC(=O)CCCCCCC/C=C\C/C=C\C/C=C\CC)OC(=O)CCCCCCCCCCC/C=C\C/C=C\CCCCC. The van der Waals surface area contributed by atoms with Crippen molar-refractivity contribution in [1.29, 1.82) is 0 Å². The van der Waals surface area contributed by atoms with Crippen LogP contribution in [0.5, 0.6) is 0 Å². The first-order chi connectivity index (χ1) is 40.6. The van der Waals surface area contributed by atoms with E-state index in [0.29, 0.717) is 19.3 Å². The number of carboxylic acids is 1. The summed E-state index contributed by atoms with van der Waals surface area (Å²) in [6, 6.07) is 0. The number of carboxylic acid groups (broad SMARTS) is 1.